The van der Waals surface area contributed by atoms with E-state index in [1.54, 1.807) is 12.1 Å². The summed E-state index contributed by atoms with van der Waals surface area (Å²) in [7, 11) is 0. The molecule has 3 nitrogen and oxygen atoms in total. The monoisotopic (exact) mass is 255 g/mol. The highest BCUT2D eigenvalue weighted by molar-refractivity contribution is 6.01. The third kappa shape index (κ3) is 2.41. The van der Waals surface area contributed by atoms with E-state index in [0.29, 0.717) is 23.9 Å². The Bertz CT molecular complexity index is 636. The average molecular weight is 255 g/mol. The van der Waals surface area contributed by atoms with Crippen molar-refractivity contribution in [3.8, 4) is 5.75 Å². The molecule has 2 aromatic rings. The molecule has 1 aliphatic carbocycles. The fourth-order valence-corrected chi connectivity index (χ4v) is 2.41. The molecular weight excluding hydrogens is 238 g/mol. The number of nitrogens with one attached hydrogen (secondary N) is 1. The van der Waals surface area contributed by atoms with Crippen LogP contribution >= 0.6 is 0 Å². The number of carbonyl (C=O) groups excluding carboxylic acids is 1. The van der Waals surface area contributed by atoms with E-state index in [1.807, 2.05) is 24.3 Å². The van der Waals surface area contributed by atoms with Gasteiger partial charge < -0.3 is 10.4 Å². The number of hydrogen-bond acceptors (Lipinski definition) is 2. The predicted octanol–water partition coefficient (Wildman–Crippen LogP) is 2.93. The summed E-state index contributed by atoms with van der Waals surface area (Å²) in [5, 5.41) is 14.7. The second kappa shape index (κ2) is 4.57. The zero-order valence-electron chi connectivity index (χ0n) is 10.9. The summed E-state index contributed by atoms with van der Waals surface area (Å²) >= 11 is 0. The third-order valence-electron chi connectivity index (χ3n) is 3.91. The maximum Gasteiger partial charge on any atom is 0.255 e. The largest absolute Gasteiger partial charge is 0.507 e. The van der Waals surface area contributed by atoms with E-state index in [2.05, 4.69) is 12.2 Å². The van der Waals surface area contributed by atoms with Crippen molar-refractivity contribution in [3.05, 3.63) is 42.0 Å². The van der Waals surface area contributed by atoms with Crippen LogP contribution in [0.2, 0.25) is 0 Å². The van der Waals surface area contributed by atoms with Crippen molar-refractivity contribution >= 4 is 16.7 Å². The molecule has 0 saturated heterocycles. The fraction of sp³-hybridized carbons (Fsp3) is 0.312. The van der Waals surface area contributed by atoms with Crippen LogP contribution in [-0.4, -0.2) is 17.6 Å². The molecule has 0 bridgehead atoms. The van der Waals surface area contributed by atoms with Gasteiger partial charge in [0.05, 0.1) is 5.56 Å². The lowest BCUT2D eigenvalue weighted by molar-refractivity contribution is 0.0949. The number of phenols is 1. The van der Waals surface area contributed by atoms with Gasteiger partial charge in [-0.1, -0.05) is 31.2 Å². The lowest BCUT2D eigenvalue weighted by atomic mass is 10.1. The molecule has 2 unspecified atom stereocenters. The molecule has 0 radical (unpaired) electrons. The van der Waals surface area contributed by atoms with Crippen molar-refractivity contribution in [1.29, 1.82) is 0 Å². The minimum Gasteiger partial charge on any atom is -0.507 e. The second-order valence-corrected chi connectivity index (χ2v) is 5.40. The van der Waals surface area contributed by atoms with Gasteiger partial charge >= 0.3 is 0 Å². The summed E-state index contributed by atoms with van der Waals surface area (Å²) < 4.78 is 0. The molecule has 1 aliphatic rings. The van der Waals surface area contributed by atoms with E-state index in [0.717, 1.165) is 10.8 Å². The van der Waals surface area contributed by atoms with Crippen LogP contribution in [0.5, 0.6) is 5.75 Å². The Morgan fingerprint density at radius 3 is 2.58 bits per heavy atom. The molecule has 0 spiro atoms. The number of rotatable bonds is 3. The molecule has 19 heavy (non-hydrogen) atoms. The predicted molar refractivity (Wildman–Crippen MR) is 75.2 cm³/mol. The second-order valence-electron chi connectivity index (χ2n) is 5.40. The molecule has 1 saturated carbocycles. The highest BCUT2D eigenvalue weighted by atomic mass is 16.3. The van der Waals surface area contributed by atoms with E-state index in [-0.39, 0.29) is 11.7 Å². The maximum absolute atomic E-state index is 12.1. The minimum atomic E-state index is -0.192. The first-order valence-electron chi connectivity index (χ1n) is 6.65. The molecule has 2 atom stereocenters. The van der Waals surface area contributed by atoms with E-state index in [9.17, 15) is 9.90 Å². The Morgan fingerprint density at radius 2 is 1.95 bits per heavy atom. The number of amides is 1. The molecule has 2 aromatic carbocycles. The topological polar surface area (TPSA) is 49.3 Å². The number of aromatic hydroxyl groups is 1. The van der Waals surface area contributed by atoms with Crippen LogP contribution in [0.4, 0.5) is 0 Å². The molecular formula is C16H17NO2. The molecule has 1 amide bonds. The van der Waals surface area contributed by atoms with Gasteiger partial charge in [-0.15, -0.1) is 0 Å². The van der Waals surface area contributed by atoms with Crippen LogP contribution in [0.3, 0.4) is 0 Å². The molecule has 1 fully saturated rings. The molecule has 2 N–H and O–H groups in total. The number of benzene rings is 2. The minimum absolute atomic E-state index is 0.0417. The van der Waals surface area contributed by atoms with Crippen molar-refractivity contribution in [3.63, 3.8) is 0 Å². The molecule has 0 aliphatic heterocycles. The number of hydrogen-bond donors (Lipinski definition) is 2. The maximum atomic E-state index is 12.1. The van der Waals surface area contributed by atoms with Gasteiger partial charge in [0, 0.05) is 6.54 Å². The van der Waals surface area contributed by atoms with E-state index in [4.69, 9.17) is 0 Å². The SMILES string of the molecule is CC1CC1CNC(=O)c1cc2ccccc2cc1O. The molecule has 3 heteroatoms. The number of carbonyl (C=O) groups is 1. The van der Waals surface area contributed by atoms with Gasteiger partial charge in [0.25, 0.3) is 5.91 Å². The van der Waals surface area contributed by atoms with Crippen molar-refractivity contribution < 1.29 is 9.90 Å². The van der Waals surface area contributed by atoms with E-state index in [1.165, 1.54) is 6.42 Å². The van der Waals surface area contributed by atoms with Crippen LogP contribution in [-0.2, 0) is 0 Å². The van der Waals surface area contributed by atoms with Gasteiger partial charge in [-0.05, 0) is 41.2 Å². The third-order valence-corrected chi connectivity index (χ3v) is 3.91. The normalized spacial score (nSPS) is 21.3. The lowest BCUT2D eigenvalue weighted by Gasteiger charge is -2.08. The van der Waals surface area contributed by atoms with Crippen molar-refractivity contribution in [2.75, 3.05) is 6.54 Å². The standard InChI is InChI=1S/C16H17NO2/c1-10-6-13(10)9-17-16(19)14-7-11-4-2-3-5-12(11)8-15(14)18/h2-5,7-8,10,13,18H,6,9H2,1H3,(H,17,19). The summed E-state index contributed by atoms with van der Waals surface area (Å²) in [5.74, 6) is 1.17. The van der Waals surface area contributed by atoms with Gasteiger partial charge in [-0.3, -0.25) is 4.79 Å². The highest BCUT2D eigenvalue weighted by Crippen LogP contribution is 2.36. The summed E-state index contributed by atoms with van der Waals surface area (Å²) in [6.45, 7) is 2.89. The molecule has 0 aromatic heterocycles. The summed E-state index contributed by atoms with van der Waals surface area (Å²) in [4.78, 5) is 12.1. The van der Waals surface area contributed by atoms with Gasteiger partial charge in [0.2, 0.25) is 0 Å². The van der Waals surface area contributed by atoms with Crippen LogP contribution < -0.4 is 5.32 Å². The van der Waals surface area contributed by atoms with Gasteiger partial charge in [-0.2, -0.15) is 0 Å². The average Bonchev–Trinajstić information content (AvgIpc) is 3.11. The first-order chi connectivity index (χ1) is 9.15. The molecule has 3 rings (SSSR count). The number of phenolic OH excluding ortho intramolecular Hbond substituents is 1. The van der Waals surface area contributed by atoms with Crippen molar-refractivity contribution in [2.45, 2.75) is 13.3 Å². The van der Waals surface area contributed by atoms with Gasteiger partial charge in [0.15, 0.2) is 0 Å². The lowest BCUT2D eigenvalue weighted by Crippen LogP contribution is -2.25. The Morgan fingerprint density at radius 1 is 1.32 bits per heavy atom. The first-order valence-corrected chi connectivity index (χ1v) is 6.65. The Balaban J connectivity index is 1.82. The smallest absolute Gasteiger partial charge is 0.255 e. The number of fused-ring (bicyclic) bond motifs is 1. The Hall–Kier alpha value is -2.03. The highest BCUT2D eigenvalue weighted by Gasteiger charge is 2.32. The van der Waals surface area contributed by atoms with Crippen LogP contribution in [0.1, 0.15) is 23.7 Å². The zero-order valence-corrected chi connectivity index (χ0v) is 10.9. The molecule has 0 heterocycles. The van der Waals surface area contributed by atoms with Gasteiger partial charge in [-0.25, -0.2) is 0 Å². The Labute approximate surface area is 112 Å². The van der Waals surface area contributed by atoms with Crippen LogP contribution in [0.15, 0.2) is 36.4 Å². The fourth-order valence-electron chi connectivity index (χ4n) is 2.41. The Kier molecular flexibility index (Phi) is 2.90. The van der Waals surface area contributed by atoms with Crippen molar-refractivity contribution in [2.24, 2.45) is 11.8 Å². The van der Waals surface area contributed by atoms with Crippen LogP contribution in [0, 0.1) is 11.8 Å². The van der Waals surface area contributed by atoms with E-state index < -0.39 is 0 Å². The first kappa shape index (κ1) is 12.0. The summed E-state index contributed by atoms with van der Waals surface area (Å²) in [6, 6.07) is 11.1. The summed E-state index contributed by atoms with van der Waals surface area (Å²) in [6.07, 6.45) is 1.18. The van der Waals surface area contributed by atoms with Crippen molar-refractivity contribution in [1.82, 2.24) is 5.32 Å². The van der Waals surface area contributed by atoms with E-state index >= 15 is 0 Å². The molecule has 98 valence electrons. The summed E-state index contributed by atoms with van der Waals surface area (Å²) in [5.41, 5.74) is 0.354. The van der Waals surface area contributed by atoms with Gasteiger partial charge in [0.1, 0.15) is 5.75 Å². The van der Waals surface area contributed by atoms with Crippen LogP contribution in [0.25, 0.3) is 10.8 Å². The quantitative estimate of drug-likeness (QED) is 0.886. The zero-order chi connectivity index (χ0) is 13.4.